The third kappa shape index (κ3) is 5.13. The van der Waals surface area contributed by atoms with Crippen molar-refractivity contribution in [1.29, 1.82) is 0 Å². The lowest BCUT2D eigenvalue weighted by molar-refractivity contribution is -0.386. The molecule has 0 aliphatic rings. The molecule has 1 rings (SSSR count). The van der Waals surface area contributed by atoms with Gasteiger partial charge in [-0.05, 0) is 6.42 Å². The zero-order valence-corrected chi connectivity index (χ0v) is 11.7. The molecule has 0 fully saturated rings. The minimum atomic E-state index is -1.09. The van der Waals surface area contributed by atoms with Gasteiger partial charge >= 0.3 is 11.8 Å². The Labute approximate surface area is 121 Å². The van der Waals surface area contributed by atoms with Gasteiger partial charge in [-0.2, -0.15) is 4.98 Å². The van der Waals surface area contributed by atoms with Crippen LogP contribution >= 0.6 is 0 Å². The highest BCUT2D eigenvalue weighted by Gasteiger charge is 2.17. The number of amides is 1. The van der Waals surface area contributed by atoms with Gasteiger partial charge in [0.1, 0.15) is 0 Å². The summed E-state index contributed by atoms with van der Waals surface area (Å²) in [7, 11) is 1.28. The second-order valence-electron chi connectivity index (χ2n) is 4.13. The number of pyridine rings is 1. The van der Waals surface area contributed by atoms with E-state index in [9.17, 15) is 14.9 Å². The molecule has 0 aliphatic heterocycles. The lowest BCUT2D eigenvalue weighted by Gasteiger charge is -2.14. The number of rotatable bonds is 8. The molecule has 0 saturated heterocycles. The number of nitro groups is 1. The number of nitrogens with one attached hydrogen (secondary N) is 1. The summed E-state index contributed by atoms with van der Waals surface area (Å²) in [6.07, 6.45) is 0.00758. The SMILES string of the molecule is CCC(CCOc1ccc([N+](=O)[O-])c(OC)n1)NC(=O)O. The molecule has 1 atom stereocenters. The topological polar surface area (TPSA) is 124 Å². The monoisotopic (exact) mass is 299 g/mol. The van der Waals surface area contributed by atoms with Crippen molar-refractivity contribution in [3.8, 4) is 11.8 Å². The predicted molar refractivity (Wildman–Crippen MR) is 72.8 cm³/mol. The lowest BCUT2D eigenvalue weighted by atomic mass is 10.2. The number of ether oxygens (including phenoxy) is 2. The maximum absolute atomic E-state index is 10.7. The molecule has 1 heterocycles. The first-order valence-corrected chi connectivity index (χ1v) is 6.29. The molecule has 0 aromatic carbocycles. The van der Waals surface area contributed by atoms with Crippen molar-refractivity contribution in [2.45, 2.75) is 25.8 Å². The summed E-state index contributed by atoms with van der Waals surface area (Å²) in [6, 6.07) is 2.39. The molecule has 9 nitrogen and oxygen atoms in total. The van der Waals surface area contributed by atoms with Gasteiger partial charge in [0.25, 0.3) is 5.88 Å². The molecular formula is C12H17N3O6. The van der Waals surface area contributed by atoms with Crippen LogP contribution in [0.25, 0.3) is 0 Å². The normalized spacial score (nSPS) is 11.5. The average Bonchev–Trinajstić information content (AvgIpc) is 2.45. The number of nitrogens with zero attached hydrogens (tertiary/aromatic N) is 2. The van der Waals surface area contributed by atoms with Gasteiger partial charge in [0, 0.05) is 24.6 Å². The van der Waals surface area contributed by atoms with Gasteiger partial charge in [0.05, 0.1) is 18.6 Å². The van der Waals surface area contributed by atoms with E-state index in [1.165, 1.54) is 19.2 Å². The Morgan fingerprint density at radius 3 is 2.81 bits per heavy atom. The first-order valence-electron chi connectivity index (χ1n) is 6.29. The highest BCUT2D eigenvalue weighted by Crippen LogP contribution is 2.26. The van der Waals surface area contributed by atoms with E-state index in [2.05, 4.69) is 10.3 Å². The summed E-state index contributed by atoms with van der Waals surface area (Å²) >= 11 is 0. The fraction of sp³-hybridized carbons (Fsp3) is 0.500. The number of carbonyl (C=O) groups is 1. The van der Waals surface area contributed by atoms with Crippen molar-refractivity contribution in [3.63, 3.8) is 0 Å². The van der Waals surface area contributed by atoms with Crippen LogP contribution in [0.3, 0.4) is 0 Å². The second kappa shape index (κ2) is 7.88. The van der Waals surface area contributed by atoms with Crippen LogP contribution in [0.15, 0.2) is 12.1 Å². The van der Waals surface area contributed by atoms with Crippen LogP contribution in [0.4, 0.5) is 10.5 Å². The summed E-state index contributed by atoms with van der Waals surface area (Å²) < 4.78 is 10.2. The maximum atomic E-state index is 10.7. The Bertz CT molecular complexity index is 508. The number of methoxy groups -OCH3 is 1. The molecule has 1 amide bonds. The fourth-order valence-corrected chi connectivity index (χ4v) is 1.64. The average molecular weight is 299 g/mol. The van der Waals surface area contributed by atoms with Gasteiger partial charge in [-0.1, -0.05) is 6.92 Å². The van der Waals surface area contributed by atoms with E-state index >= 15 is 0 Å². The highest BCUT2D eigenvalue weighted by molar-refractivity contribution is 5.64. The first-order chi connectivity index (χ1) is 9.97. The molecule has 0 aliphatic carbocycles. The summed E-state index contributed by atoms with van der Waals surface area (Å²) in [5.74, 6) is 0.0517. The van der Waals surface area contributed by atoms with E-state index in [1.807, 2.05) is 6.92 Å². The van der Waals surface area contributed by atoms with E-state index in [0.717, 1.165) is 0 Å². The van der Waals surface area contributed by atoms with Gasteiger partial charge in [-0.25, -0.2) is 4.79 Å². The molecule has 1 aromatic heterocycles. The summed E-state index contributed by atoms with van der Waals surface area (Å²) in [5.41, 5.74) is -0.246. The summed E-state index contributed by atoms with van der Waals surface area (Å²) in [4.78, 5) is 24.5. The Kier molecular flexibility index (Phi) is 6.18. The maximum Gasteiger partial charge on any atom is 0.404 e. The molecule has 0 radical (unpaired) electrons. The molecule has 2 N–H and O–H groups in total. The van der Waals surface area contributed by atoms with Crippen LogP contribution in [-0.2, 0) is 0 Å². The fourth-order valence-electron chi connectivity index (χ4n) is 1.64. The molecular weight excluding hydrogens is 282 g/mol. The predicted octanol–water partition coefficient (Wildman–Crippen LogP) is 1.81. The quantitative estimate of drug-likeness (QED) is 0.554. The van der Waals surface area contributed by atoms with Crippen LogP contribution in [0.2, 0.25) is 0 Å². The van der Waals surface area contributed by atoms with Crippen molar-refractivity contribution < 1.29 is 24.3 Å². The second-order valence-corrected chi connectivity index (χ2v) is 4.13. The van der Waals surface area contributed by atoms with Crippen LogP contribution in [0.1, 0.15) is 19.8 Å². The number of hydrogen-bond donors (Lipinski definition) is 2. The Morgan fingerprint density at radius 2 is 2.29 bits per heavy atom. The Morgan fingerprint density at radius 1 is 1.57 bits per heavy atom. The summed E-state index contributed by atoms with van der Waals surface area (Å²) in [6.45, 7) is 2.08. The van der Waals surface area contributed by atoms with E-state index in [0.29, 0.717) is 12.8 Å². The van der Waals surface area contributed by atoms with Gasteiger partial charge in [0.2, 0.25) is 5.88 Å². The number of aromatic nitrogens is 1. The van der Waals surface area contributed by atoms with Gasteiger partial charge in [-0.3, -0.25) is 10.1 Å². The largest absolute Gasteiger partial charge is 0.477 e. The molecule has 21 heavy (non-hydrogen) atoms. The number of carboxylic acid groups (broad SMARTS) is 1. The molecule has 1 aromatic rings. The third-order valence-electron chi connectivity index (χ3n) is 2.74. The molecule has 9 heteroatoms. The van der Waals surface area contributed by atoms with E-state index in [1.54, 1.807) is 0 Å². The van der Waals surface area contributed by atoms with Gasteiger partial charge in [0.15, 0.2) is 0 Å². The first kappa shape index (κ1) is 16.5. The van der Waals surface area contributed by atoms with Crippen molar-refractivity contribution in [1.82, 2.24) is 10.3 Å². The zero-order chi connectivity index (χ0) is 15.8. The van der Waals surface area contributed by atoms with Gasteiger partial charge in [-0.15, -0.1) is 0 Å². The van der Waals surface area contributed by atoms with Crippen molar-refractivity contribution in [3.05, 3.63) is 22.2 Å². The smallest absolute Gasteiger partial charge is 0.404 e. The molecule has 0 saturated carbocycles. The minimum absolute atomic E-state index is 0.131. The van der Waals surface area contributed by atoms with Crippen molar-refractivity contribution >= 4 is 11.8 Å². The number of hydrogen-bond acceptors (Lipinski definition) is 6. The van der Waals surface area contributed by atoms with Crippen molar-refractivity contribution in [2.75, 3.05) is 13.7 Å². The standard InChI is InChI=1S/C12H17N3O6/c1-3-8(13-12(16)17)6-7-21-10-5-4-9(15(18)19)11(14-10)20-2/h4-5,8,13H,3,6-7H2,1-2H3,(H,16,17). The van der Waals surface area contributed by atoms with Crippen LogP contribution < -0.4 is 14.8 Å². The zero-order valence-electron chi connectivity index (χ0n) is 11.7. The van der Waals surface area contributed by atoms with Crippen LogP contribution in [0.5, 0.6) is 11.8 Å². The third-order valence-corrected chi connectivity index (χ3v) is 2.74. The molecule has 0 spiro atoms. The van der Waals surface area contributed by atoms with Crippen LogP contribution in [-0.4, -0.2) is 40.9 Å². The molecule has 1 unspecified atom stereocenters. The van der Waals surface area contributed by atoms with E-state index < -0.39 is 11.0 Å². The lowest BCUT2D eigenvalue weighted by Crippen LogP contribution is -2.34. The minimum Gasteiger partial charge on any atom is -0.477 e. The van der Waals surface area contributed by atoms with Gasteiger partial charge < -0.3 is 19.9 Å². The van der Waals surface area contributed by atoms with E-state index in [4.69, 9.17) is 14.6 Å². The van der Waals surface area contributed by atoms with Crippen molar-refractivity contribution in [2.24, 2.45) is 0 Å². The van der Waals surface area contributed by atoms with E-state index in [-0.39, 0.29) is 30.1 Å². The molecule has 116 valence electrons. The summed E-state index contributed by atoms with van der Waals surface area (Å²) in [5, 5.41) is 21.7. The Hall–Kier alpha value is -2.58. The molecule has 0 bridgehead atoms. The Balaban J connectivity index is 2.59. The highest BCUT2D eigenvalue weighted by atomic mass is 16.6. The van der Waals surface area contributed by atoms with Crippen LogP contribution in [0, 0.1) is 10.1 Å².